The van der Waals surface area contributed by atoms with Crippen LogP contribution in [0.15, 0.2) is 6.07 Å². The molecule has 4 heterocycles. The first-order valence-electron chi connectivity index (χ1n) is 12.6. The van der Waals surface area contributed by atoms with Crippen LogP contribution in [0.5, 0.6) is 0 Å². The highest BCUT2D eigenvalue weighted by Crippen LogP contribution is 2.27. The molecule has 3 saturated heterocycles. The minimum Gasteiger partial charge on any atom is -0.356 e. The van der Waals surface area contributed by atoms with E-state index in [0.29, 0.717) is 6.26 Å². The Morgan fingerprint density at radius 3 is 1.79 bits per heavy atom. The van der Waals surface area contributed by atoms with Crippen molar-refractivity contribution in [2.24, 2.45) is 0 Å². The van der Waals surface area contributed by atoms with E-state index in [2.05, 4.69) is 32.6 Å². The van der Waals surface area contributed by atoms with Crippen molar-refractivity contribution in [1.82, 2.24) is 14.9 Å². The van der Waals surface area contributed by atoms with Gasteiger partial charge in [-0.25, -0.2) is 0 Å². The van der Waals surface area contributed by atoms with Gasteiger partial charge >= 0.3 is 0 Å². The van der Waals surface area contributed by atoms with Crippen molar-refractivity contribution in [2.75, 3.05) is 79.9 Å². The van der Waals surface area contributed by atoms with E-state index in [1.54, 1.807) is 0 Å². The van der Waals surface area contributed by atoms with E-state index in [1.165, 1.54) is 57.9 Å². The molecule has 0 bridgehead atoms. The summed E-state index contributed by atoms with van der Waals surface area (Å²) in [4.78, 5) is 19.9. The van der Waals surface area contributed by atoms with Crippen molar-refractivity contribution in [3.63, 3.8) is 0 Å². The number of aromatic nitrogens is 2. The second kappa shape index (κ2) is 12.7. The van der Waals surface area contributed by atoms with Crippen LogP contribution in [0.3, 0.4) is 0 Å². The fourth-order valence-electron chi connectivity index (χ4n) is 4.70. The quantitative estimate of drug-likeness (QED) is 0.443. The van der Waals surface area contributed by atoms with Gasteiger partial charge in [-0.05, 0) is 38.6 Å². The molecule has 1 aromatic rings. The Bertz CT molecular complexity index is 775. The third-order valence-corrected chi connectivity index (χ3v) is 6.53. The first-order valence-corrected chi connectivity index (χ1v) is 14.5. The van der Waals surface area contributed by atoms with Crippen LogP contribution in [0.4, 0.5) is 17.6 Å². The zero-order valence-corrected chi connectivity index (χ0v) is 21.3. The minimum atomic E-state index is -3.67. The first kappa shape index (κ1) is 26.0. The molecule has 0 amide bonds. The Morgan fingerprint density at radius 1 is 0.788 bits per heavy atom. The van der Waals surface area contributed by atoms with E-state index < -0.39 is 10.1 Å². The summed E-state index contributed by atoms with van der Waals surface area (Å²) in [6.07, 6.45) is 11.2. The van der Waals surface area contributed by atoms with Crippen molar-refractivity contribution in [2.45, 2.75) is 58.3 Å². The Balaban J connectivity index is 0.000000555. The lowest BCUT2D eigenvalue weighted by Gasteiger charge is -2.36. The lowest BCUT2D eigenvalue weighted by Crippen LogP contribution is -2.47. The van der Waals surface area contributed by atoms with Crippen molar-refractivity contribution >= 4 is 27.7 Å². The lowest BCUT2D eigenvalue weighted by atomic mass is 10.2. The fourth-order valence-corrected chi connectivity index (χ4v) is 4.70. The second-order valence-electron chi connectivity index (χ2n) is 9.40. The Labute approximate surface area is 199 Å². The zero-order valence-electron chi connectivity index (χ0n) is 20.5. The number of rotatable bonds is 8. The van der Waals surface area contributed by atoms with Crippen molar-refractivity contribution in [3.8, 4) is 0 Å². The highest BCUT2D eigenvalue weighted by atomic mass is 32.2. The number of hydrogen-bond acceptors (Lipinski definition) is 8. The molecule has 0 radical (unpaired) electrons. The molecule has 0 aromatic carbocycles. The van der Waals surface area contributed by atoms with E-state index in [4.69, 9.17) is 14.5 Å². The van der Waals surface area contributed by atoms with Crippen molar-refractivity contribution in [3.05, 3.63) is 6.07 Å². The zero-order chi connectivity index (χ0) is 23.7. The van der Waals surface area contributed by atoms with Crippen molar-refractivity contribution < 1.29 is 13.0 Å². The predicted octanol–water partition coefficient (Wildman–Crippen LogP) is 2.88. The van der Waals surface area contributed by atoms with Gasteiger partial charge in [0.05, 0.1) is 6.26 Å². The van der Waals surface area contributed by atoms with Crippen LogP contribution in [0, 0.1) is 0 Å². The molecule has 10 heteroatoms. The summed E-state index contributed by atoms with van der Waals surface area (Å²) in [5, 5.41) is 0. The third kappa shape index (κ3) is 8.90. The molecular weight excluding hydrogens is 440 g/mol. The molecule has 3 aliphatic heterocycles. The topological polar surface area (TPSA) is 93.1 Å². The van der Waals surface area contributed by atoms with E-state index in [-0.39, 0.29) is 0 Å². The van der Waals surface area contributed by atoms with E-state index in [0.717, 1.165) is 69.9 Å². The SMILES string of the molecule is CCCCCCN1CCN(c2cc(N3CCCC3)nc(N3CCCC3)n2)CC1.CS(=O)(=O)O. The van der Waals surface area contributed by atoms with Gasteiger partial charge in [-0.2, -0.15) is 18.4 Å². The van der Waals surface area contributed by atoms with Crippen LogP contribution in [-0.4, -0.2) is 93.0 Å². The molecule has 1 N–H and O–H groups in total. The summed E-state index contributed by atoms with van der Waals surface area (Å²) in [7, 11) is -3.67. The maximum atomic E-state index is 9.19. The third-order valence-electron chi connectivity index (χ3n) is 6.53. The largest absolute Gasteiger partial charge is 0.356 e. The number of nitrogens with zero attached hydrogens (tertiary/aromatic N) is 6. The maximum absolute atomic E-state index is 9.19. The smallest absolute Gasteiger partial charge is 0.261 e. The molecule has 3 fully saturated rings. The summed E-state index contributed by atoms with van der Waals surface area (Å²) in [6, 6.07) is 2.25. The molecule has 0 unspecified atom stereocenters. The second-order valence-corrected chi connectivity index (χ2v) is 10.9. The lowest BCUT2D eigenvalue weighted by molar-refractivity contribution is 0.251. The van der Waals surface area contributed by atoms with Crippen molar-refractivity contribution in [1.29, 1.82) is 0 Å². The molecule has 4 rings (SSSR count). The highest BCUT2D eigenvalue weighted by molar-refractivity contribution is 7.85. The van der Waals surface area contributed by atoms with Gasteiger partial charge in [-0.15, -0.1) is 0 Å². The molecule has 9 nitrogen and oxygen atoms in total. The Hall–Kier alpha value is -1.65. The number of anilines is 3. The number of hydrogen-bond donors (Lipinski definition) is 1. The maximum Gasteiger partial charge on any atom is 0.261 e. The monoisotopic (exact) mass is 482 g/mol. The van der Waals surface area contributed by atoms with Crippen LogP contribution in [0.25, 0.3) is 0 Å². The Morgan fingerprint density at radius 2 is 1.27 bits per heavy atom. The van der Waals surface area contributed by atoms with Crippen LogP contribution in [0.1, 0.15) is 58.3 Å². The molecular formula is C23H42N6O3S. The van der Waals surface area contributed by atoms with Crippen LogP contribution in [0.2, 0.25) is 0 Å². The van der Waals surface area contributed by atoms with Gasteiger partial charge in [-0.3, -0.25) is 9.45 Å². The molecule has 0 atom stereocenters. The summed E-state index contributed by atoms with van der Waals surface area (Å²) < 4.78 is 25.9. The van der Waals surface area contributed by atoms with Gasteiger partial charge < -0.3 is 14.7 Å². The average molecular weight is 483 g/mol. The fraction of sp³-hybridized carbons (Fsp3) is 0.826. The Kier molecular flexibility index (Phi) is 10.0. The minimum absolute atomic E-state index is 0.715. The summed E-state index contributed by atoms with van der Waals surface area (Å²) in [6.45, 7) is 12.5. The van der Waals surface area contributed by atoms with E-state index in [1.807, 2.05) is 0 Å². The number of piperazine rings is 1. The molecule has 1 aromatic heterocycles. The highest BCUT2D eigenvalue weighted by Gasteiger charge is 2.24. The predicted molar refractivity (Wildman–Crippen MR) is 135 cm³/mol. The van der Waals surface area contributed by atoms with Crippen LogP contribution in [-0.2, 0) is 10.1 Å². The first-order chi connectivity index (χ1) is 15.8. The molecule has 33 heavy (non-hydrogen) atoms. The van der Waals surface area contributed by atoms with E-state index in [9.17, 15) is 8.42 Å². The molecule has 3 aliphatic rings. The molecule has 0 saturated carbocycles. The summed E-state index contributed by atoms with van der Waals surface area (Å²) in [5.41, 5.74) is 0. The van der Waals surface area contributed by atoms with Gasteiger partial charge in [0.2, 0.25) is 5.95 Å². The summed E-state index contributed by atoms with van der Waals surface area (Å²) >= 11 is 0. The van der Waals surface area contributed by atoms with Crippen LogP contribution < -0.4 is 14.7 Å². The van der Waals surface area contributed by atoms with Gasteiger partial charge in [0.25, 0.3) is 10.1 Å². The van der Waals surface area contributed by atoms with Gasteiger partial charge in [0.1, 0.15) is 11.6 Å². The van der Waals surface area contributed by atoms with Gasteiger partial charge in [0.15, 0.2) is 0 Å². The van der Waals surface area contributed by atoms with E-state index >= 15 is 0 Å². The van der Waals surface area contributed by atoms with Crippen LogP contribution >= 0.6 is 0 Å². The summed E-state index contributed by atoms with van der Waals surface area (Å²) in [5.74, 6) is 3.25. The van der Waals surface area contributed by atoms with Gasteiger partial charge in [0, 0.05) is 58.4 Å². The molecule has 188 valence electrons. The molecule has 0 spiro atoms. The average Bonchev–Trinajstić information content (AvgIpc) is 3.50. The normalized spacial score (nSPS) is 19.7. The standard InChI is InChI=1S/C22H38N6.CH4O3S/c1-2-3-4-5-10-25-15-17-27(18-16-25)21-19-20(26-11-6-7-12-26)23-22(24-21)28-13-8-9-14-28;1-5(2,3)4/h19H,2-18H2,1H3;1H3,(H,2,3,4). The molecule has 0 aliphatic carbocycles. The number of unbranched alkanes of at least 4 members (excludes halogenated alkanes) is 3. The van der Waals surface area contributed by atoms with Gasteiger partial charge in [-0.1, -0.05) is 26.2 Å².